The van der Waals surface area contributed by atoms with Gasteiger partial charge in [-0.15, -0.1) is 0 Å². The number of hydrogen-bond donors (Lipinski definition) is 0. The molecule has 0 aliphatic rings. The quantitative estimate of drug-likeness (QED) is 0.738. The van der Waals surface area contributed by atoms with Gasteiger partial charge in [0.25, 0.3) is 0 Å². The van der Waals surface area contributed by atoms with Crippen LogP contribution in [0.2, 0.25) is 0 Å². The molecule has 4 nitrogen and oxygen atoms in total. The molecule has 2 rings (SSSR count). The molecule has 0 amide bonds. The Morgan fingerprint density at radius 1 is 1.31 bits per heavy atom. The van der Waals surface area contributed by atoms with E-state index in [1.165, 1.54) is 6.92 Å². The van der Waals surface area contributed by atoms with E-state index >= 15 is 0 Å². The van der Waals surface area contributed by atoms with Crippen LogP contribution in [0.4, 0.5) is 0 Å². The van der Waals surface area contributed by atoms with E-state index < -0.39 is 0 Å². The van der Waals surface area contributed by atoms with Crippen LogP contribution in [0, 0.1) is 0 Å². The molecular weight excluding hydrogens is 204 g/mol. The molecule has 1 heterocycles. The molecule has 0 fully saturated rings. The van der Waals surface area contributed by atoms with Crippen LogP contribution in [0.3, 0.4) is 0 Å². The number of benzene rings is 1. The summed E-state index contributed by atoms with van der Waals surface area (Å²) in [5, 5.41) is 4.12. The van der Waals surface area contributed by atoms with Gasteiger partial charge in [0.2, 0.25) is 0 Å². The number of hydrogen-bond acceptors (Lipinski definition) is 3. The van der Waals surface area contributed by atoms with Crippen LogP contribution in [0.1, 0.15) is 17.3 Å². The van der Waals surface area contributed by atoms with Gasteiger partial charge in [0.1, 0.15) is 5.75 Å². The molecule has 82 valence electrons. The highest BCUT2D eigenvalue weighted by Crippen LogP contribution is 2.14. The second-order valence-electron chi connectivity index (χ2n) is 3.43. The maximum absolute atomic E-state index is 11.1. The van der Waals surface area contributed by atoms with Gasteiger partial charge in [-0.2, -0.15) is 5.10 Å². The molecule has 1 aromatic heterocycles. The summed E-state index contributed by atoms with van der Waals surface area (Å²) in [6, 6.07) is 7.47. The SMILES string of the molecule is COc1ccc(-n2cc(C(C)=O)cn2)cc1. The Morgan fingerprint density at radius 3 is 2.50 bits per heavy atom. The zero-order valence-corrected chi connectivity index (χ0v) is 9.18. The summed E-state index contributed by atoms with van der Waals surface area (Å²) in [5.41, 5.74) is 1.50. The van der Waals surface area contributed by atoms with Crippen LogP contribution in [0.15, 0.2) is 36.7 Å². The van der Waals surface area contributed by atoms with E-state index in [4.69, 9.17) is 4.74 Å². The first-order chi connectivity index (χ1) is 7.70. The van der Waals surface area contributed by atoms with E-state index in [0.717, 1.165) is 11.4 Å². The number of rotatable bonds is 3. The predicted molar refractivity (Wildman–Crippen MR) is 60.1 cm³/mol. The van der Waals surface area contributed by atoms with Crippen molar-refractivity contribution in [2.45, 2.75) is 6.92 Å². The molecule has 0 unspecified atom stereocenters. The van der Waals surface area contributed by atoms with Crippen LogP contribution in [-0.4, -0.2) is 22.7 Å². The summed E-state index contributed by atoms with van der Waals surface area (Å²) in [4.78, 5) is 11.1. The van der Waals surface area contributed by atoms with Gasteiger partial charge in [0.05, 0.1) is 24.6 Å². The third-order valence-corrected chi connectivity index (χ3v) is 2.33. The Kier molecular flexibility index (Phi) is 2.72. The van der Waals surface area contributed by atoms with Crippen molar-refractivity contribution in [3.8, 4) is 11.4 Å². The van der Waals surface area contributed by atoms with Crippen molar-refractivity contribution in [3.05, 3.63) is 42.2 Å². The number of nitrogens with zero attached hydrogens (tertiary/aromatic N) is 2. The van der Waals surface area contributed by atoms with Crippen molar-refractivity contribution in [2.75, 3.05) is 7.11 Å². The molecule has 16 heavy (non-hydrogen) atoms. The minimum absolute atomic E-state index is 0.0137. The summed E-state index contributed by atoms with van der Waals surface area (Å²) in [6.45, 7) is 1.52. The standard InChI is InChI=1S/C12H12N2O2/c1-9(15)10-7-13-14(8-10)11-3-5-12(16-2)6-4-11/h3-8H,1-2H3. The van der Waals surface area contributed by atoms with Crippen LogP contribution >= 0.6 is 0 Å². The minimum Gasteiger partial charge on any atom is -0.497 e. The summed E-state index contributed by atoms with van der Waals surface area (Å²) >= 11 is 0. The maximum Gasteiger partial charge on any atom is 0.162 e. The van der Waals surface area contributed by atoms with Crippen molar-refractivity contribution < 1.29 is 9.53 Å². The molecule has 0 aliphatic carbocycles. The van der Waals surface area contributed by atoms with E-state index in [2.05, 4.69) is 5.10 Å². The second-order valence-corrected chi connectivity index (χ2v) is 3.43. The number of methoxy groups -OCH3 is 1. The highest BCUT2D eigenvalue weighted by Gasteiger charge is 2.04. The first-order valence-electron chi connectivity index (χ1n) is 4.91. The van der Waals surface area contributed by atoms with Crippen molar-refractivity contribution in [3.63, 3.8) is 0 Å². The van der Waals surface area contributed by atoms with Crippen LogP contribution in [0.25, 0.3) is 5.69 Å². The highest BCUT2D eigenvalue weighted by atomic mass is 16.5. The zero-order chi connectivity index (χ0) is 11.5. The molecule has 0 atom stereocenters. The maximum atomic E-state index is 11.1. The predicted octanol–water partition coefficient (Wildman–Crippen LogP) is 2.08. The Bertz CT molecular complexity index is 500. The summed E-state index contributed by atoms with van der Waals surface area (Å²) in [5.74, 6) is 0.808. The lowest BCUT2D eigenvalue weighted by molar-refractivity contribution is 0.101. The van der Waals surface area contributed by atoms with E-state index in [-0.39, 0.29) is 5.78 Å². The number of ketones is 1. The van der Waals surface area contributed by atoms with Crippen molar-refractivity contribution >= 4 is 5.78 Å². The van der Waals surface area contributed by atoms with Crippen molar-refractivity contribution in [1.82, 2.24) is 9.78 Å². The fraction of sp³-hybridized carbons (Fsp3) is 0.167. The van der Waals surface area contributed by atoms with Gasteiger partial charge in [-0.1, -0.05) is 0 Å². The average molecular weight is 216 g/mol. The summed E-state index contributed by atoms with van der Waals surface area (Å²) in [6.07, 6.45) is 3.27. The molecule has 0 saturated carbocycles. The van der Waals surface area contributed by atoms with Crippen LogP contribution < -0.4 is 4.74 Å². The minimum atomic E-state index is 0.0137. The monoisotopic (exact) mass is 216 g/mol. The van der Waals surface area contributed by atoms with Gasteiger partial charge in [0.15, 0.2) is 5.78 Å². The Hall–Kier alpha value is -2.10. The van der Waals surface area contributed by atoms with E-state index in [9.17, 15) is 4.79 Å². The average Bonchev–Trinajstić information content (AvgIpc) is 2.78. The van der Waals surface area contributed by atoms with E-state index in [1.807, 2.05) is 24.3 Å². The largest absolute Gasteiger partial charge is 0.497 e. The number of aromatic nitrogens is 2. The molecule has 0 spiro atoms. The highest BCUT2D eigenvalue weighted by molar-refractivity contribution is 5.93. The molecule has 0 N–H and O–H groups in total. The summed E-state index contributed by atoms with van der Waals surface area (Å²) < 4.78 is 6.73. The molecule has 0 aliphatic heterocycles. The van der Waals surface area contributed by atoms with Crippen molar-refractivity contribution in [1.29, 1.82) is 0 Å². The first-order valence-corrected chi connectivity index (χ1v) is 4.91. The number of carbonyl (C=O) groups excluding carboxylic acids is 1. The second kappa shape index (κ2) is 4.18. The molecule has 0 bridgehead atoms. The molecule has 0 saturated heterocycles. The van der Waals surface area contributed by atoms with Crippen LogP contribution in [-0.2, 0) is 0 Å². The number of carbonyl (C=O) groups is 1. The normalized spacial score (nSPS) is 10.1. The lowest BCUT2D eigenvalue weighted by atomic mass is 10.2. The fourth-order valence-electron chi connectivity index (χ4n) is 1.38. The fourth-order valence-corrected chi connectivity index (χ4v) is 1.38. The first kappa shape index (κ1) is 10.4. The lowest BCUT2D eigenvalue weighted by Gasteiger charge is -2.02. The number of ether oxygens (including phenoxy) is 1. The molecule has 1 aromatic carbocycles. The Morgan fingerprint density at radius 2 is 2.00 bits per heavy atom. The molecule has 0 radical (unpaired) electrons. The van der Waals surface area contributed by atoms with E-state index in [1.54, 1.807) is 24.2 Å². The Balaban J connectivity index is 2.31. The molecule has 4 heteroatoms. The molecular formula is C12H12N2O2. The van der Waals surface area contributed by atoms with Gasteiger partial charge in [-0.05, 0) is 31.2 Å². The van der Waals surface area contributed by atoms with Gasteiger partial charge < -0.3 is 4.74 Å². The summed E-state index contributed by atoms with van der Waals surface area (Å²) in [7, 11) is 1.62. The smallest absolute Gasteiger partial charge is 0.162 e. The van der Waals surface area contributed by atoms with E-state index in [0.29, 0.717) is 5.56 Å². The third kappa shape index (κ3) is 1.95. The zero-order valence-electron chi connectivity index (χ0n) is 9.18. The van der Waals surface area contributed by atoms with Gasteiger partial charge in [0, 0.05) is 6.20 Å². The molecule has 2 aromatic rings. The van der Waals surface area contributed by atoms with Gasteiger partial charge in [-0.3, -0.25) is 4.79 Å². The Labute approximate surface area is 93.5 Å². The third-order valence-electron chi connectivity index (χ3n) is 2.33. The number of Topliss-reactive ketones (excluding diaryl/α,β-unsaturated/α-hetero) is 1. The van der Waals surface area contributed by atoms with Gasteiger partial charge in [-0.25, -0.2) is 4.68 Å². The lowest BCUT2D eigenvalue weighted by Crippen LogP contribution is -1.94. The topological polar surface area (TPSA) is 44.1 Å². The van der Waals surface area contributed by atoms with Crippen LogP contribution in [0.5, 0.6) is 5.75 Å². The van der Waals surface area contributed by atoms with Gasteiger partial charge >= 0.3 is 0 Å². The van der Waals surface area contributed by atoms with Crippen molar-refractivity contribution in [2.24, 2.45) is 0 Å².